The van der Waals surface area contributed by atoms with E-state index in [2.05, 4.69) is 11.9 Å². The molecular weight excluding hydrogens is 398 g/mol. The summed E-state index contributed by atoms with van der Waals surface area (Å²) in [6, 6.07) is 15.2. The predicted octanol–water partition coefficient (Wildman–Crippen LogP) is 4.80. The maximum absolute atomic E-state index is 13.5. The molecule has 0 amide bonds. The molecule has 0 bridgehead atoms. The van der Waals surface area contributed by atoms with E-state index in [1.54, 1.807) is 10.9 Å². The quantitative estimate of drug-likeness (QED) is 0.412. The molecular formula is C23H20ClN5O. The molecule has 150 valence electrons. The highest BCUT2D eigenvalue weighted by atomic mass is 35.5. The van der Waals surface area contributed by atoms with Gasteiger partial charge in [-0.25, -0.2) is 15.0 Å². The zero-order chi connectivity index (χ0) is 20.7. The Labute approximate surface area is 177 Å². The van der Waals surface area contributed by atoms with Crippen LogP contribution in [0.5, 0.6) is 0 Å². The number of hydrogen-bond acceptors (Lipinski definition) is 4. The second kappa shape index (κ2) is 7.54. The number of hydrogen-bond donors (Lipinski definition) is 0. The lowest BCUT2D eigenvalue weighted by atomic mass is 10.2. The minimum absolute atomic E-state index is 0.134. The van der Waals surface area contributed by atoms with Gasteiger partial charge >= 0.3 is 0 Å². The van der Waals surface area contributed by atoms with Gasteiger partial charge in [-0.1, -0.05) is 55.3 Å². The fraction of sp³-hybridized carbons (Fsp3) is 0.217. The highest BCUT2D eigenvalue weighted by molar-refractivity contribution is 6.31. The van der Waals surface area contributed by atoms with Gasteiger partial charge in [-0.15, -0.1) is 0 Å². The summed E-state index contributed by atoms with van der Waals surface area (Å²) in [4.78, 5) is 27.8. The molecule has 0 saturated heterocycles. The molecule has 0 radical (unpaired) electrons. The molecule has 5 rings (SSSR count). The van der Waals surface area contributed by atoms with Crippen molar-refractivity contribution in [2.24, 2.45) is 0 Å². The number of nitrogens with zero attached hydrogens (tertiary/aromatic N) is 5. The van der Waals surface area contributed by atoms with Gasteiger partial charge in [0.25, 0.3) is 5.56 Å². The third kappa shape index (κ3) is 3.04. The smallest absolute Gasteiger partial charge is 0.265 e. The number of unbranched alkanes of at least 4 members (excludes halogenated alkanes) is 1. The van der Waals surface area contributed by atoms with Crippen LogP contribution >= 0.6 is 11.6 Å². The minimum atomic E-state index is -0.134. The second-order valence-electron chi connectivity index (χ2n) is 7.36. The number of aromatic nitrogens is 5. The summed E-state index contributed by atoms with van der Waals surface area (Å²) in [5, 5.41) is 1.13. The largest absolute Gasteiger partial charge is 0.308 e. The van der Waals surface area contributed by atoms with Crippen LogP contribution in [0.25, 0.3) is 33.2 Å². The van der Waals surface area contributed by atoms with Gasteiger partial charge in [-0.05, 0) is 30.2 Å². The minimum Gasteiger partial charge on any atom is -0.308 e. The molecule has 0 N–H and O–H groups in total. The third-order valence-corrected chi connectivity index (χ3v) is 5.72. The molecule has 3 aromatic heterocycles. The number of fused-ring (bicyclic) bond motifs is 4. The summed E-state index contributed by atoms with van der Waals surface area (Å²) in [7, 11) is 0. The molecule has 0 aliphatic heterocycles. The fourth-order valence-corrected chi connectivity index (χ4v) is 3.99. The molecule has 7 heteroatoms. The lowest BCUT2D eigenvalue weighted by Gasteiger charge is -2.08. The van der Waals surface area contributed by atoms with Crippen molar-refractivity contribution < 1.29 is 0 Å². The number of aryl methyl sites for hydroxylation is 1. The second-order valence-corrected chi connectivity index (χ2v) is 7.76. The van der Waals surface area contributed by atoms with Gasteiger partial charge in [0.15, 0.2) is 11.3 Å². The normalized spacial score (nSPS) is 11.7. The van der Waals surface area contributed by atoms with Crippen molar-refractivity contribution in [3.8, 4) is 0 Å². The number of benzene rings is 2. The predicted molar refractivity (Wildman–Crippen MR) is 120 cm³/mol. The van der Waals surface area contributed by atoms with Gasteiger partial charge in [-0.3, -0.25) is 9.36 Å². The molecule has 0 unspecified atom stereocenters. The highest BCUT2D eigenvalue weighted by Crippen LogP contribution is 2.25. The van der Waals surface area contributed by atoms with E-state index in [1.807, 2.05) is 53.1 Å². The highest BCUT2D eigenvalue weighted by Gasteiger charge is 2.19. The first kappa shape index (κ1) is 18.8. The van der Waals surface area contributed by atoms with Crippen LogP contribution in [0.3, 0.4) is 0 Å². The van der Waals surface area contributed by atoms with Crippen molar-refractivity contribution in [2.75, 3.05) is 0 Å². The molecule has 30 heavy (non-hydrogen) atoms. The van der Waals surface area contributed by atoms with E-state index < -0.39 is 0 Å². The van der Waals surface area contributed by atoms with E-state index >= 15 is 0 Å². The van der Waals surface area contributed by atoms with E-state index in [1.165, 1.54) is 0 Å². The van der Waals surface area contributed by atoms with Crippen LogP contribution in [0.4, 0.5) is 0 Å². The van der Waals surface area contributed by atoms with Crippen LogP contribution in [-0.4, -0.2) is 24.1 Å². The van der Waals surface area contributed by atoms with Crippen molar-refractivity contribution in [2.45, 2.75) is 32.9 Å². The Bertz CT molecular complexity index is 1450. The summed E-state index contributed by atoms with van der Waals surface area (Å²) in [6.45, 7) is 3.23. The van der Waals surface area contributed by atoms with Gasteiger partial charge in [0.05, 0.1) is 17.6 Å². The van der Waals surface area contributed by atoms with Gasteiger partial charge in [0.1, 0.15) is 17.2 Å². The molecule has 0 atom stereocenters. The van der Waals surface area contributed by atoms with E-state index in [0.717, 1.165) is 36.0 Å². The van der Waals surface area contributed by atoms with Crippen LogP contribution in [-0.2, 0) is 13.1 Å². The van der Waals surface area contributed by atoms with Crippen molar-refractivity contribution in [1.29, 1.82) is 0 Å². The average Bonchev–Trinajstić information content (AvgIpc) is 3.07. The first-order chi connectivity index (χ1) is 14.7. The van der Waals surface area contributed by atoms with Crippen molar-refractivity contribution in [3.63, 3.8) is 0 Å². The van der Waals surface area contributed by atoms with Gasteiger partial charge in [-0.2, -0.15) is 0 Å². The van der Waals surface area contributed by atoms with E-state index in [-0.39, 0.29) is 5.56 Å². The standard InChI is InChI=1S/C23H20ClN5O/c1-2-3-12-29-21-19(20-22(29)27-18-11-7-6-10-17(18)26-20)23(30)28(14-25-21)13-15-8-4-5-9-16(15)24/h4-11,14H,2-3,12-13H2,1H3. The maximum Gasteiger partial charge on any atom is 0.265 e. The SMILES string of the molecule is CCCCn1c2nc3ccccc3nc2c2c(=O)n(Cc3ccccc3Cl)cnc21. The molecule has 0 spiro atoms. The summed E-state index contributed by atoms with van der Waals surface area (Å²) >= 11 is 6.30. The van der Waals surface area contributed by atoms with Crippen LogP contribution in [0.15, 0.2) is 59.7 Å². The summed E-state index contributed by atoms with van der Waals surface area (Å²) in [5.41, 5.74) is 4.25. The number of rotatable bonds is 5. The fourth-order valence-electron chi connectivity index (χ4n) is 3.79. The zero-order valence-corrected chi connectivity index (χ0v) is 17.3. The lowest BCUT2D eigenvalue weighted by molar-refractivity contribution is 0.654. The summed E-state index contributed by atoms with van der Waals surface area (Å²) in [6.07, 6.45) is 3.60. The monoisotopic (exact) mass is 417 g/mol. The van der Waals surface area contributed by atoms with E-state index in [0.29, 0.717) is 33.8 Å². The molecule has 0 fully saturated rings. The summed E-state index contributed by atoms with van der Waals surface area (Å²) in [5.74, 6) is 0. The Morgan fingerprint density at radius 3 is 2.47 bits per heavy atom. The topological polar surface area (TPSA) is 65.6 Å². The molecule has 0 aliphatic rings. The first-order valence-corrected chi connectivity index (χ1v) is 10.4. The first-order valence-electron chi connectivity index (χ1n) is 10.0. The van der Waals surface area contributed by atoms with Crippen LogP contribution in [0.2, 0.25) is 5.02 Å². The molecule has 0 saturated carbocycles. The average molecular weight is 418 g/mol. The van der Waals surface area contributed by atoms with Crippen molar-refractivity contribution in [3.05, 3.63) is 75.8 Å². The Kier molecular flexibility index (Phi) is 4.71. The van der Waals surface area contributed by atoms with Gasteiger partial charge < -0.3 is 4.57 Å². The van der Waals surface area contributed by atoms with Crippen LogP contribution in [0, 0.1) is 0 Å². The van der Waals surface area contributed by atoms with E-state index in [9.17, 15) is 4.79 Å². The number of para-hydroxylation sites is 2. The Morgan fingerprint density at radius 2 is 1.70 bits per heavy atom. The zero-order valence-electron chi connectivity index (χ0n) is 16.5. The Morgan fingerprint density at radius 1 is 0.967 bits per heavy atom. The van der Waals surface area contributed by atoms with E-state index in [4.69, 9.17) is 21.6 Å². The maximum atomic E-state index is 13.5. The molecule has 3 heterocycles. The van der Waals surface area contributed by atoms with Gasteiger partial charge in [0, 0.05) is 11.6 Å². The Balaban J connectivity index is 1.79. The molecule has 6 nitrogen and oxygen atoms in total. The molecule has 5 aromatic rings. The summed E-state index contributed by atoms with van der Waals surface area (Å²) < 4.78 is 3.61. The van der Waals surface area contributed by atoms with Gasteiger partial charge in [0.2, 0.25) is 0 Å². The third-order valence-electron chi connectivity index (χ3n) is 5.35. The van der Waals surface area contributed by atoms with Crippen molar-refractivity contribution >= 4 is 44.8 Å². The van der Waals surface area contributed by atoms with Crippen LogP contribution < -0.4 is 5.56 Å². The lowest BCUT2D eigenvalue weighted by Crippen LogP contribution is -2.21. The number of halogens is 1. The Hall–Kier alpha value is -3.25. The molecule has 0 aliphatic carbocycles. The van der Waals surface area contributed by atoms with Crippen molar-refractivity contribution in [1.82, 2.24) is 24.1 Å². The van der Waals surface area contributed by atoms with Crippen LogP contribution in [0.1, 0.15) is 25.3 Å². The molecule has 2 aromatic carbocycles.